The molecule has 0 radical (unpaired) electrons. The first-order valence-corrected chi connectivity index (χ1v) is 5.96. The summed E-state index contributed by atoms with van der Waals surface area (Å²) in [6.07, 6.45) is 0.551. The average molecular weight is 258 g/mol. The number of imide groups is 1. The molecule has 1 aliphatic heterocycles. The minimum atomic E-state index is -0.450. The van der Waals surface area contributed by atoms with Crippen molar-refractivity contribution in [1.29, 1.82) is 5.26 Å². The molecule has 3 N–H and O–H groups in total. The summed E-state index contributed by atoms with van der Waals surface area (Å²) < 4.78 is 0. The van der Waals surface area contributed by atoms with E-state index in [4.69, 9.17) is 11.0 Å². The monoisotopic (exact) mass is 258 g/mol. The molecule has 1 aliphatic rings. The van der Waals surface area contributed by atoms with Crippen molar-refractivity contribution in [1.82, 2.24) is 5.32 Å². The number of nitrogen functional groups attached to an aromatic ring is 1. The van der Waals surface area contributed by atoms with Crippen LogP contribution in [0.2, 0.25) is 0 Å². The fourth-order valence-electron chi connectivity index (χ4n) is 2.19. The van der Waals surface area contributed by atoms with E-state index in [0.29, 0.717) is 23.4 Å². The van der Waals surface area contributed by atoms with Gasteiger partial charge < -0.3 is 10.6 Å². The summed E-state index contributed by atoms with van der Waals surface area (Å²) in [5.74, 6) is -0.697. The van der Waals surface area contributed by atoms with E-state index in [-0.39, 0.29) is 18.4 Å². The topological polar surface area (TPSA) is 99.2 Å². The summed E-state index contributed by atoms with van der Waals surface area (Å²) in [5.41, 5.74) is 7.33. The lowest BCUT2D eigenvalue weighted by molar-refractivity contribution is -0.132. The zero-order valence-corrected chi connectivity index (χ0v) is 10.5. The van der Waals surface area contributed by atoms with Crippen LogP contribution in [0.15, 0.2) is 18.2 Å². The number of hydrogen-bond acceptors (Lipinski definition) is 5. The van der Waals surface area contributed by atoms with E-state index >= 15 is 0 Å². The fraction of sp³-hybridized carbons (Fsp3) is 0.308. The largest absolute Gasteiger partial charge is 0.397 e. The SMILES string of the molecule is CCC1C(=O)NC(=O)CN1c1cc(C#N)ccc1N. The van der Waals surface area contributed by atoms with Crippen molar-refractivity contribution in [2.24, 2.45) is 0 Å². The van der Waals surface area contributed by atoms with Crippen LogP contribution in [0.5, 0.6) is 0 Å². The highest BCUT2D eigenvalue weighted by Crippen LogP contribution is 2.28. The molecule has 1 aromatic carbocycles. The lowest BCUT2D eigenvalue weighted by Crippen LogP contribution is -2.58. The van der Waals surface area contributed by atoms with Crippen LogP contribution in [-0.4, -0.2) is 24.4 Å². The van der Waals surface area contributed by atoms with Crippen LogP contribution in [0.4, 0.5) is 11.4 Å². The number of carbonyl (C=O) groups is 2. The van der Waals surface area contributed by atoms with Crippen LogP contribution in [0.3, 0.4) is 0 Å². The number of rotatable bonds is 2. The Kier molecular flexibility index (Phi) is 3.38. The second-order valence-corrected chi connectivity index (χ2v) is 4.35. The van der Waals surface area contributed by atoms with E-state index in [2.05, 4.69) is 5.32 Å². The molecule has 1 saturated heterocycles. The van der Waals surface area contributed by atoms with E-state index in [0.717, 1.165) is 0 Å². The van der Waals surface area contributed by atoms with Gasteiger partial charge in [0.25, 0.3) is 0 Å². The molecule has 19 heavy (non-hydrogen) atoms. The van der Waals surface area contributed by atoms with Crippen molar-refractivity contribution in [3.8, 4) is 6.07 Å². The molecule has 0 spiro atoms. The van der Waals surface area contributed by atoms with Gasteiger partial charge in [-0.25, -0.2) is 0 Å². The first-order chi connectivity index (χ1) is 9.06. The van der Waals surface area contributed by atoms with Crippen LogP contribution in [-0.2, 0) is 9.59 Å². The van der Waals surface area contributed by atoms with Crippen molar-refractivity contribution in [2.45, 2.75) is 19.4 Å². The second kappa shape index (κ2) is 4.98. The highest BCUT2D eigenvalue weighted by atomic mass is 16.2. The highest BCUT2D eigenvalue weighted by Gasteiger charge is 2.33. The highest BCUT2D eigenvalue weighted by molar-refractivity contribution is 6.05. The summed E-state index contributed by atoms with van der Waals surface area (Å²) in [6.45, 7) is 1.92. The first-order valence-electron chi connectivity index (χ1n) is 5.96. The predicted octanol–water partition coefficient (Wildman–Crippen LogP) is 0.382. The first kappa shape index (κ1) is 12.9. The van der Waals surface area contributed by atoms with E-state index in [9.17, 15) is 9.59 Å². The number of nitrogens with zero attached hydrogens (tertiary/aromatic N) is 2. The predicted molar refractivity (Wildman–Crippen MR) is 70.1 cm³/mol. The number of carbonyl (C=O) groups excluding carboxylic acids is 2. The van der Waals surface area contributed by atoms with Gasteiger partial charge in [-0.05, 0) is 24.6 Å². The summed E-state index contributed by atoms with van der Waals surface area (Å²) >= 11 is 0. The van der Waals surface area contributed by atoms with Crippen LogP contribution in [0.1, 0.15) is 18.9 Å². The smallest absolute Gasteiger partial charge is 0.249 e. The summed E-state index contributed by atoms with van der Waals surface area (Å²) in [4.78, 5) is 25.0. The summed E-state index contributed by atoms with van der Waals surface area (Å²) in [5, 5.41) is 11.2. The quantitative estimate of drug-likeness (QED) is 0.590. The molecular weight excluding hydrogens is 244 g/mol. The minimum absolute atomic E-state index is 0.0589. The Hall–Kier alpha value is -2.55. The Bertz CT molecular complexity index is 576. The molecule has 6 nitrogen and oxygen atoms in total. The normalized spacial score (nSPS) is 18.9. The number of nitrogens with two attached hydrogens (primary N) is 1. The zero-order valence-electron chi connectivity index (χ0n) is 10.5. The Morgan fingerprint density at radius 1 is 1.53 bits per heavy atom. The van der Waals surface area contributed by atoms with Gasteiger partial charge in [0.2, 0.25) is 11.8 Å². The maximum atomic E-state index is 11.8. The molecule has 6 heteroatoms. The molecule has 2 amide bonds. The third kappa shape index (κ3) is 2.36. The number of anilines is 2. The average Bonchev–Trinajstić information content (AvgIpc) is 2.38. The van der Waals surface area contributed by atoms with Gasteiger partial charge in [0.05, 0.1) is 29.6 Å². The molecule has 1 unspecified atom stereocenters. The Morgan fingerprint density at radius 2 is 2.26 bits per heavy atom. The van der Waals surface area contributed by atoms with Crippen molar-refractivity contribution >= 4 is 23.2 Å². The van der Waals surface area contributed by atoms with Crippen molar-refractivity contribution in [2.75, 3.05) is 17.2 Å². The number of hydrogen-bond donors (Lipinski definition) is 2. The zero-order chi connectivity index (χ0) is 14.0. The van der Waals surface area contributed by atoms with Gasteiger partial charge in [0.15, 0.2) is 0 Å². The van der Waals surface area contributed by atoms with Gasteiger partial charge in [-0.2, -0.15) is 5.26 Å². The fourth-order valence-corrected chi connectivity index (χ4v) is 2.19. The van der Waals surface area contributed by atoms with Gasteiger partial charge in [-0.1, -0.05) is 6.92 Å². The van der Waals surface area contributed by atoms with Gasteiger partial charge in [-0.3, -0.25) is 14.9 Å². The number of amides is 2. The van der Waals surface area contributed by atoms with Crippen molar-refractivity contribution < 1.29 is 9.59 Å². The Balaban J connectivity index is 2.46. The van der Waals surface area contributed by atoms with Crippen LogP contribution in [0.25, 0.3) is 0 Å². The summed E-state index contributed by atoms with van der Waals surface area (Å²) in [6, 6.07) is 6.38. The molecule has 0 saturated carbocycles. The van der Waals surface area contributed by atoms with Crippen LogP contribution < -0.4 is 16.0 Å². The molecular formula is C13H14N4O2. The standard InChI is InChI=1S/C13H14N4O2/c1-2-10-13(19)16-12(18)7-17(10)11-5-8(6-14)3-4-9(11)15/h3-5,10H,2,7,15H2,1H3,(H,16,18,19). The molecule has 0 aliphatic carbocycles. The number of nitrogens with one attached hydrogen (secondary N) is 1. The minimum Gasteiger partial charge on any atom is -0.397 e. The Morgan fingerprint density at radius 3 is 2.89 bits per heavy atom. The van der Waals surface area contributed by atoms with Crippen LogP contribution >= 0.6 is 0 Å². The van der Waals surface area contributed by atoms with Gasteiger partial charge in [0.1, 0.15) is 6.04 Å². The third-order valence-corrected chi connectivity index (χ3v) is 3.11. The number of nitriles is 1. The van der Waals surface area contributed by atoms with Gasteiger partial charge in [-0.15, -0.1) is 0 Å². The molecule has 1 fully saturated rings. The maximum absolute atomic E-state index is 11.8. The van der Waals surface area contributed by atoms with Crippen LogP contribution in [0, 0.1) is 11.3 Å². The lowest BCUT2D eigenvalue weighted by Gasteiger charge is -2.35. The molecule has 0 bridgehead atoms. The van der Waals surface area contributed by atoms with E-state index in [1.54, 1.807) is 23.1 Å². The lowest BCUT2D eigenvalue weighted by atomic mass is 10.1. The molecule has 98 valence electrons. The van der Waals surface area contributed by atoms with Gasteiger partial charge >= 0.3 is 0 Å². The van der Waals surface area contributed by atoms with Crippen molar-refractivity contribution in [3.63, 3.8) is 0 Å². The molecule has 2 rings (SSSR count). The molecule has 0 aromatic heterocycles. The summed E-state index contributed by atoms with van der Waals surface area (Å²) in [7, 11) is 0. The molecule has 1 heterocycles. The van der Waals surface area contributed by atoms with Gasteiger partial charge in [0, 0.05) is 0 Å². The molecule has 1 atom stereocenters. The molecule has 1 aromatic rings. The third-order valence-electron chi connectivity index (χ3n) is 3.11. The second-order valence-electron chi connectivity index (χ2n) is 4.35. The Labute approximate surface area is 110 Å². The number of benzene rings is 1. The number of piperazine rings is 1. The van der Waals surface area contributed by atoms with E-state index in [1.807, 2.05) is 13.0 Å². The van der Waals surface area contributed by atoms with Crippen molar-refractivity contribution in [3.05, 3.63) is 23.8 Å². The maximum Gasteiger partial charge on any atom is 0.249 e. The van der Waals surface area contributed by atoms with E-state index < -0.39 is 6.04 Å². The van der Waals surface area contributed by atoms with E-state index in [1.165, 1.54) is 0 Å².